The summed E-state index contributed by atoms with van der Waals surface area (Å²) in [6.07, 6.45) is 6.09. The second-order valence-corrected chi connectivity index (χ2v) is 5.65. The van der Waals surface area contributed by atoms with Crippen molar-refractivity contribution in [2.45, 2.75) is 51.1 Å². The summed E-state index contributed by atoms with van der Waals surface area (Å²) in [5, 5.41) is 3.25. The molecule has 2 aliphatic rings. The van der Waals surface area contributed by atoms with E-state index in [1.807, 2.05) is 7.05 Å². The van der Waals surface area contributed by atoms with Gasteiger partial charge in [-0.2, -0.15) is 0 Å². The van der Waals surface area contributed by atoms with Gasteiger partial charge in [0, 0.05) is 25.7 Å². The molecule has 1 N–H and O–H groups in total. The minimum Gasteiger partial charge on any atom is -0.341 e. The Morgan fingerprint density at radius 1 is 1.22 bits per heavy atom. The van der Waals surface area contributed by atoms with Gasteiger partial charge in [0.1, 0.15) is 0 Å². The van der Waals surface area contributed by atoms with Gasteiger partial charge in [-0.1, -0.05) is 0 Å². The zero-order chi connectivity index (χ0) is 13.0. The highest BCUT2D eigenvalue weighted by Crippen LogP contribution is 2.21. The largest absolute Gasteiger partial charge is 0.341 e. The lowest BCUT2D eigenvalue weighted by atomic mass is 10.1. The van der Waals surface area contributed by atoms with Gasteiger partial charge < -0.3 is 10.2 Å². The molecule has 2 fully saturated rings. The lowest BCUT2D eigenvalue weighted by Gasteiger charge is -2.35. The first kappa shape index (κ1) is 13.8. The van der Waals surface area contributed by atoms with E-state index in [2.05, 4.69) is 22.0 Å². The Hall–Kier alpha value is -0.610. The van der Waals surface area contributed by atoms with Gasteiger partial charge in [0.2, 0.25) is 5.91 Å². The van der Waals surface area contributed by atoms with Crippen molar-refractivity contribution >= 4 is 5.91 Å². The van der Waals surface area contributed by atoms with Crippen LogP contribution in [0.4, 0.5) is 0 Å². The Kier molecular flexibility index (Phi) is 5.01. The number of carbonyl (C=O) groups excluding carboxylic acids is 1. The lowest BCUT2D eigenvalue weighted by Crippen LogP contribution is -2.51. The minimum absolute atomic E-state index is 0.0592. The molecule has 0 radical (unpaired) electrons. The maximum atomic E-state index is 12.5. The molecule has 1 amide bonds. The van der Waals surface area contributed by atoms with E-state index in [9.17, 15) is 4.79 Å². The van der Waals surface area contributed by atoms with Crippen molar-refractivity contribution in [1.29, 1.82) is 0 Å². The number of piperidine rings is 1. The Morgan fingerprint density at radius 2 is 1.94 bits per heavy atom. The molecular formula is C14H27N3O. The van der Waals surface area contributed by atoms with Crippen LogP contribution in [0, 0.1) is 0 Å². The molecule has 0 aromatic rings. The molecule has 2 unspecified atom stereocenters. The van der Waals surface area contributed by atoms with E-state index in [0.717, 1.165) is 26.2 Å². The van der Waals surface area contributed by atoms with Gasteiger partial charge in [0.05, 0.1) is 6.04 Å². The number of carbonyl (C=O) groups is 1. The molecule has 2 heterocycles. The van der Waals surface area contributed by atoms with Crippen LogP contribution in [0.15, 0.2) is 0 Å². The number of rotatable bonds is 4. The summed E-state index contributed by atoms with van der Waals surface area (Å²) < 4.78 is 0. The number of hydrogen-bond donors (Lipinski definition) is 1. The second kappa shape index (κ2) is 6.53. The van der Waals surface area contributed by atoms with Crippen LogP contribution in [0.3, 0.4) is 0 Å². The third kappa shape index (κ3) is 3.04. The molecule has 18 heavy (non-hydrogen) atoms. The highest BCUT2D eigenvalue weighted by atomic mass is 16.2. The van der Waals surface area contributed by atoms with Crippen LogP contribution in [0.1, 0.15) is 39.0 Å². The molecule has 2 rings (SSSR count). The van der Waals surface area contributed by atoms with Gasteiger partial charge in [-0.3, -0.25) is 9.69 Å². The predicted molar refractivity (Wildman–Crippen MR) is 73.5 cm³/mol. The smallest absolute Gasteiger partial charge is 0.239 e. The molecule has 2 saturated heterocycles. The fraction of sp³-hybridized carbons (Fsp3) is 0.929. The van der Waals surface area contributed by atoms with E-state index in [1.54, 1.807) is 0 Å². The molecule has 4 nitrogen and oxygen atoms in total. The number of hydrogen-bond acceptors (Lipinski definition) is 3. The summed E-state index contributed by atoms with van der Waals surface area (Å²) in [5.74, 6) is 0.345. The molecular weight excluding hydrogens is 226 g/mol. The zero-order valence-electron chi connectivity index (χ0n) is 11.8. The first-order valence-corrected chi connectivity index (χ1v) is 7.43. The van der Waals surface area contributed by atoms with Gasteiger partial charge in [-0.25, -0.2) is 0 Å². The van der Waals surface area contributed by atoms with Crippen LogP contribution in [-0.2, 0) is 4.79 Å². The van der Waals surface area contributed by atoms with Crippen molar-refractivity contribution in [3.63, 3.8) is 0 Å². The predicted octanol–water partition coefficient (Wildman–Crippen LogP) is 1.07. The first-order chi connectivity index (χ1) is 8.74. The second-order valence-electron chi connectivity index (χ2n) is 5.65. The van der Waals surface area contributed by atoms with E-state index in [-0.39, 0.29) is 6.04 Å². The summed E-state index contributed by atoms with van der Waals surface area (Å²) in [4.78, 5) is 17.0. The van der Waals surface area contributed by atoms with Crippen LogP contribution in [0.2, 0.25) is 0 Å². The van der Waals surface area contributed by atoms with Crippen LogP contribution in [0.25, 0.3) is 0 Å². The SMILES string of the molecule is CNCC1CCCN1C(C)C(=O)N1CCCCC1. The third-order valence-electron chi connectivity index (χ3n) is 4.39. The van der Waals surface area contributed by atoms with Crippen LogP contribution >= 0.6 is 0 Å². The van der Waals surface area contributed by atoms with Crippen molar-refractivity contribution in [2.75, 3.05) is 33.2 Å². The maximum Gasteiger partial charge on any atom is 0.239 e. The van der Waals surface area contributed by atoms with E-state index >= 15 is 0 Å². The normalized spacial score (nSPS) is 27.4. The average molecular weight is 253 g/mol. The summed E-state index contributed by atoms with van der Waals surface area (Å²) in [7, 11) is 1.99. The zero-order valence-corrected chi connectivity index (χ0v) is 11.8. The standard InChI is InChI=1S/C14H27N3O/c1-12(14(18)16-8-4-3-5-9-16)17-10-6-7-13(17)11-15-2/h12-13,15H,3-11H2,1-2H3. The van der Waals surface area contributed by atoms with Crippen molar-refractivity contribution in [1.82, 2.24) is 15.1 Å². The van der Waals surface area contributed by atoms with Crippen molar-refractivity contribution in [3.05, 3.63) is 0 Å². The molecule has 0 aromatic carbocycles. The number of nitrogens with zero attached hydrogens (tertiary/aromatic N) is 2. The van der Waals surface area contributed by atoms with Crippen molar-refractivity contribution in [2.24, 2.45) is 0 Å². The molecule has 104 valence electrons. The molecule has 0 saturated carbocycles. The molecule has 0 spiro atoms. The molecule has 0 aliphatic carbocycles. The third-order valence-corrected chi connectivity index (χ3v) is 4.39. The molecule has 2 atom stereocenters. The highest BCUT2D eigenvalue weighted by Gasteiger charge is 2.33. The topological polar surface area (TPSA) is 35.6 Å². The molecule has 2 aliphatic heterocycles. The number of nitrogens with one attached hydrogen (secondary N) is 1. The van der Waals surface area contributed by atoms with Gasteiger partial charge in [0.15, 0.2) is 0 Å². The van der Waals surface area contributed by atoms with Crippen molar-refractivity contribution in [3.8, 4) is 0 Å². The van der Waals surface area contributed by atoms with Gasteiger partial charge in [-0.15, -0.1) is 0 Å². The Balaban J connectivity index is 1.92. The van der Waals surface area contributed by atoms with Crippen LogP contribution in [-0.4, -0.2) is 61.0 Å². The monoisotopic (exact) mass is 253 g/mol. The van der Waals surface area contributed by atoms with E-state index < -0.39 is 0 Å². The van der Waals surface area contributed by atoms with E-state index in [0.29, 0.717) is 11.9 Å². The summed E-state index contributed by atoms with van der Waals surface area (Å²) in [6.45, 7) is 6.09. The molecule has 4 heteroatoms. The van der Waals surface area contributed by atoms with Gasteiger partial charge >= 0.3 is 0 Å². The van der Waals surface area contributed by atoms with Gasteiger partial charge in [-0.05, 0) is 52.6 Å². The van der Waals surface area contributed by atoms with E-state index in [1.165, 1.54) is 32.1 Å². The number of amides is 1. The fourth-order valence-corrected chi connectivity index (χ4v) is 3.34. The molecule has 0 bridgehead atoms. The average Bonchev–Trinajstić information content (AvgIpc) is 2.87. The summed E-state index contributed by atoms with van der Waals surface area (Å²) in [6, 6.07) is 0.600. The fourth-order valence-electron chi connectivity index (χ4n) is 3.34. The Bertz CT molecular complexity index is 276. The lowest BCUT2D eigenvalue weighted by molar-refractivity contribution is -0.137. The highest BCUT2D eigenvalue weighted by molar-refractivity contribution is 5.81. The van der Waals surface area contributed by atoms with Crippen molar-refractivity contribution < 1.29 is 4.79 Å². The Labute approximate surface area is 111 Å². The summed E-state index contributed by atoms with van der Waals surface area (Å²) >= 11 is 0. The first-order valence-electron chi connectivity index (χ1n) is 7.43. The molecule has 0 aromatic heterocycles. The maximum absolute atomic E-state index is 12.5. The van der Waals surface area contributed by atoms with E-state index in [4.69, 9.17) is 0 Å². The van der Waals surface area contributed by atoms with Crippen LogP contribution < -0.4 is 5.32 Å². The Morgan fingerprint density at radius 3 is 2.61 bits per heavy atom. The number of likely N-dealkylation sites (tertiary alicyclic amines) is 2. The van der Waals surface area contributed by atoms with Gasteiger partial charge in [0.25, 0.3) is 0 Å². The quantitative estimate of drug-likeness (QED) is 0.814. The summed E-state index contributed by atoms with van der Waals surface area (Å²) in [5.41, 5.74) is 0. The number of likely N-dealkylation sites (N-methyl/N-ethyl adjacent to an activating group) is 1. The van der Waals surface area contributed by atoms with Crippen LogP contribution in [0.5, 0.6) is 0 Å². The minimum atomic E-state index is 0.0592.